The number of halogens is 4. The lowest BCUT2D eigenvalue weighted by atomic mass is 10.1. The largest absolute Gasteiger partial charge is 0.418 e. The molecule has 0 saturated carbocycles. The van der Waals surface area contributed by atoms with Gasteiger partial charge in [-0.15, -0.1) is 0 Å². The van der Waals surface area contributed by atoms with Crippen molar-refractivity contribution in [2.75, 3.05) is 5.32 Å². The van der Waals surface area contributed by atoms with Gasteiger partial charge in [0.25, 0.3) is 0 Å². The molecule has 0 bridgehead atoms. The van der Waals surface area contributed by atoms with E-state index in [1.165, 1.54) is 19.1 Å². The minimum absolute atomic E-state index is 0.00964. The van der Waals surface area contributed by atoms with Crippen molar-refractivity contribution in [3.63, 3.8) is 0 Å². The van der Waals surface area contributed by atoms with E-state index < -0.39 is 17.8 Å². The van der Waals surface area contributed by atoms with Crippen molar-refractivity contribution >= 4 is 23.2 Å². The molecule has 3 nitrogen and oxygen atoms in total. The summed E-state index contributed by atoms with van der Waals surface area (Å²) in [6.45, 7) is 5.24. The maximum atomic E-state index is 12.9. The highest BCUT2D eigenvalue weighted by atomic mass is 35.5. The van der Waals surface area contributed by atoms with E-state index in [0.29, 0.717) is 0 Å². The lowest BCUT2D eigenvalue weighted by Crippen LogP contribution is -2.42. The number of amides is 1. The number of benzene rings is 1. The molecule has 2 N–H and O–H groups in total. The third kappa shape index (κ3) is 5.12. The summed E-state index contributed by atoms with van der Waals surface area (Å²) in [4.78, 5) is 11.9. The summed E-state index contributed by atoms with van der Waals surface area (Å²) < 4.78 is 38.8. The van der Waals surface area contributed by atoms with Crippen LogP contribution in [0.1, 0.15) is 32.8 Å². The highest BCUT2D eigenvalue weighted by Crippen LogP contribution is 2.36. The molecule has 118 valence electrons. The van der Waals surface area contributed by atoms with Crippen molar-refractivity contribution in [3.8, 4) is 0 Å². The van der Waals surface area contributed by atoms with E-state index in [1.807, 2.05) is 13.8 Å². The Bertz CT molecular complexity index is 505. The van der Waals surface area contributed by atoms with E-state index in [9.17, 15) is 18.0 Å². The van der Waals surface area contributed by atoms with Crippen LogP contribution in [0.25, 0.3) is 0 Å². The fraction of sp³-hybridized carbons (Fsp3) is 0.500. The summed E-state index contributed by atoms with van der Waals surface area (Å²) in [5, 5.41) is 5.28. The van der Waals surface area contributed by atoms with Crippen LogP contribution in [0.4, 0.5) is 18.9 Å². The minimum atomic E-state index is -4.54. The highest BCUT2D eigenvalue weighted by Gasteiger charge is 2.34. The average Bonchev–Trinajstić information content (AvgIpc) is 2.39. The zero-order valence-corrected chi connectivity index (χ0v) is 12.8. The third-order valence-electron chi connectivity index (χ3n) is 3.05. The molecule has 0 radical (unpaired) electrons. The van der Waals surface area contributed by atoms with Crippen LogP contribution in [-0.2, 0) is 11.0 Å². The summed E-state index contributed by atoms with van der Waals surface area (Å²) in [5.41, 5.74) is -1.06. The van der Waals surface area contributed by atoms with E-state index in [2.05, 4.69) is 10.6 Å². The fourth-order valence-electron chi connectivity index (χ4n) is 1.65. The standard InChI is InChI=1S/C14H18ClF3N2O/c1-4-8(2)19-13(21)9(3)20-12-6-5-10(15)7-11(12)14(16,17)18/h5-9,20H,4H2,1-3H3,(H,19,21). The molecule has 1 aromatic rings. The van der Waals surface area contributed by atoms with Crippen molar-refractivity contribution < 1.29 is 18.0 Å². The number of hydrogen-bond acceptors (Lipinski definition) is 2. The Kier molecular flexibility index (Phi) is 5.89. The Labute approximate surface area is 126 Å². The van der Waals surface area contributed by atoms with Crippen LogP contribution in [0.5, 0.6) is 0 Å². The smallest absolute Gasteiger partial charge is 0.373 e. The monoisotopic (exact) mass is 322 g/mol. The van der Waals surface area contributed by atoms with Gasteiger partial charge >= 0.3 is 6.18 Å². The first-order valence-corrected chi connectivity index (χ1v) is 6.96. The Morgan fingerprint density at radius 1 is 1.33 bits per heavy atom. The first kappa shape index (κ1) is 17.6. The molecule has 21 heavy (non-hydrogen) atoms. The van der Waals surface area contributed by atoms with Gasteiger partial charge in [0.15, 0.2) is 0 Å². The molecule has 1 amide bonds. The Hall–Kier alpha value is -1.43. The molecule has 2 atom stereocenters. The van der Waals surface area contributed by atoms with Gasteiger partial charge in [-0.25, -0.2) is 0 Å². The Morgan fingerprint density at radius 2 is 1.95 bits per heavy atom. The van der Waals surface area contributed by atoms with E-state index in [1.54, 1.807) is 0 Å². The second-order valence-electron chi connectivity index (χ2n) is 4.87. The van der Waals surface area contributed by atoms with Crippen molar-refractivity contribution in [1.29, 1.82) is 0 Å². The number of nitrogens with one attached hydrogen (secondary N) is 2. The van der Waals surface area contributed by atoms with E-state index in [-0.39, 0.29) is 22.7 Å². The number of hydrogen-bond donors (Lipinski definition) is 2. The number of anilines is 1. The Balaban J connectivity index is 2.90. The molecular formula is C14H18ClF3N2O. The van der Waals surface area contributed by atoms with Crippen LogP contribution < -0.4 is 10.6 Å². The number of alkyl halides is 3. The molecule has 0 aliphatic heterocycles. The van der Waals surface area contributed by atoms with E-state index in [0.717, 1.165) is 12.5 Å². The molecule has 1 aromatic carbocycles. The number of carbonyl (C=O) groups is 1. The highest BCUT2D eigenvalue weighted by molar-refractivity contribution is 6.30. The molecule has 0 aromatic heterocycles. The molecule has 0 aliphatic rings. The second kappa shape index (κ2) is 7.02. The maximum Gasteiger partial charge on any atom is 0.418 e. The van der Waals surface area contributed by atoms with Crippen LogP contribution >= 0.6 is 11.6 Å². The fourth-order valence-corrected chi connectivity index (χ4v) is 1.82. The topological polar surface area (TPSA) is 41.1 Å². The van der Waals surface area contributed by atoms with Crippen LogP contribution in [0.15, 0.2) is 18.2 Å². The first-order chi connectivity index (χ1) is 9.65. The van der Waals surface area contributed by atoms with Gasteiger partial charge in [-0.3, -0.25) is 4.79 Å². The lowest BCUT2D eigenvalue weighted by molar-refractivity contribution is -0.137. The molecule has 1 rings (SSSR count). The predicted molar refractivity (Wildman–Crippen MR) is 77.4 cm³/mol. The van der Waals surface area contributed by atoms with Crippen LogP contribution in [0, 0.1) is 0 Å². The minimum Gasteiger partial charge on any atom is -0.373 e. The van der Waals surface area contributed by atoms with Crippen molar-refractivity contribution in [3.05, 3.63) is 28.8 Å². The molecule has 0 fully saturated rings. The van der Waals surface area contributed by atoms with Gasteiger partial charge < -0.3 is 10.6 Å². The summed E-state index contributed by atoms with van der Waals surface area (Å²) in [6.07, 6.45) is -3.80. The number of carbonyl (C=O) groups excluding carboxylic acids is 1. The quantitative estimate of drug-likeness (QED) is 0.858. The SMILES string of the molecule is CCC(C)NC(=O)C(C)Nc1ccc(Cl)cc1C(F)(F)F. The van der Waals surface area contributed by atoms with Gasteiger partial charge in [-0.1, -0.05) is 18.5 Å². The summed E-state index contributed by atoms with van der Waals surface area (Å²) >= 11 is 5.60. The van der Waals surface area contributed by atoms with Crippen molar-refractivity contribution in [2.45, 2.75) is 45.5 Å². The summed E-state index contributed by atoms with van der Waals surface area (Å²) in [6, 6.07) is 2.58. The van der Waals surface area contributed by atoms with Crippen LogP contribution in [0.2, 0.25) is 5.02 Å². The van der Waals surface area contributed by atoms with Crippen LogP contribution in [0.3, 0.4) is 0 Å². The second-order valence-corrected chi connectivity index (χ2v) is 5.31. The average molecular weight is 323 g/mol. The molecule has 0 heterocycles. The molecule has 0 saturated heterocycles. The molecular weight excluding hydrogens is 305 g/mol. The van der Waals surface area contributed by atoms with Gasteiger partial charge in [-0.2, -0.15) is 13.2 Å². The zero-order chi connectivity index (χ0) is 16.2. The van der Waals surface area contributed by atoms with Crippen LogP contribution in [-0.4, -0.2) is 18.0 Å². The van der Waals surface area contributed by atoms with Crippen molar-refractivity contribution in [1.82, 2.24) is 5.32 Å². The molecule has 2 unspecified atom stereocenters. The molecule has 0 spiro atoms. The molecule has 7 heteroatoms. The van der Waals surface area contributed by atoms with Gasteiger partial charge in [0.05, 0.1) is 5.56 Å². The van der Waals surface area contributed by atoms with Gasteiger partial charge in [-0.05, 0) is 38.5 Å². The van der Waals surface area contributed by atoms with Gasteiger partial charge in [0, 0.05) is 16.8 Å². The summed E-state index contributed by atoms with van der Waals surface area (Å²) in [7, 11) is 0. The summed E-state index contributed by atoms with van der Waals surface area (Å²) in [5.74, 6) is -0.354. The first-order valence-electron chi connectivity index (χ1n) is 6.58. The lowest BCUT2D eigenvalue weighted by Gasteiger charge is -2.21. The van der Waals surface area contributed by atoms with Gasteiger partial charge in [0.2, 0.25) is 5.91 Å². The predicted octanol–water partition coefficient (Wildman–Crippen LogP) is 4.07. The zero-order valence-electron chi connectivity index (χ0n) is 12.0. The van der Waals surface area contributed by atoms with Gasteiger partial charge in [0.1, 0.15) is 6.04 Å². The normalized spacial score (nSPS) is 14.4. The van der Waals surface area contributed by atoms with E-state index in [4.69, 9.17) is 11.6 Å². The number of rotatable bonds is 5. The maximum absolute atomic E-state index is 12.9. The van der Waals surface area contributed by atoms with Crippen molar-refractivity contribution in [2.24, 2.45) is 0 Å². The molecule has 0 aliphatic carbocycles. The third-order valence-corrected chi connectivity index (χ3v) is 3.29. The Morgan fingerprint density at radius 3 is 2.48 bits per heavy atom. The van der Waals surface area contributed by atoms with E-state index >= 15 is 0 Å².